The van der Waals surface area contributed by atoms with Gasteiger partial charge < -0.3 is 9.47 Å². The normalized spacial score (nSPS) is 11.8. The van der Waals surface area contributed by atoms with Crippen molar-refractivity contribution >= 4 is 22.4 Å². The highest BCUT2D eigenvalue weighted by atomic mass is 35.5. The van der Waals surface area contributed by atoms with Crippen LogP contribution < -0.4 is 4.74 Å². The second-order valence-electron chi connectivity index (χ2n) is 4.76. The Hall–Kier alpha value is -1.69. The van der Waals surface area contributed by atoms with Crippen molar-refractivity contribution in [2.24, 2.45) is 0 Å². The summed E-state index contributed by atoms with van der Waals surface area (Å²) in [4.78, 5) is 0. The molecule has 0 radical (unpaired) electrons. The fraction of sp³-hybridized carbons (Fsp3) is 0.333. The Labute approximate surface area is 131 Å². The van der Waals surface area contributed by atoms with E-state index in [-0.39, 0.29) is 6.10 Å². The van der Waals surface area contributed by atoms with E-state index in [1.54, 1.807) is 7.11 Å². The van der Waals surface area contributed by atoms with Crippen molar-refractivity contribution in [3.05, 3.63) is 42.0 Å². The van der Waals surface area contributed by atoms with Crippen LogP contribution in [-0.2, 0) is 4.74 Å². The number of benzene rings is 2. The monoisotopic (exact) mass is 302 g/mol. The highest BCUT2D eigenvalue weighted by molar-refractivity contribution is 6.18. The molecule has 0 spiro atoms. The molecular weight excluding hydrogens is 284 g/mol. The van der Waals surface area contributed by atoms with E-state index >= 15 is 0 Å². The van der Waals surface area contributed by atoms with Crippen LogP contribution in [0.4, 0.5) is 0 Å². The Morgan fingerprint density at radius 2 is 2.00 bits per heavy atom. The molecule has 1 atom stereocenters. The molecule has 0 heterocycles. The van der Waals surface area contributed by atoms with Gasteiger partial charge in [0.25, 0.3) is 0 Å². The molecule has 110 valence electrons. The van der Waals surface area contributed by atoms with Gasteiger partial charge >= 0.3 is 0 Å². The molecular formula is C18H19ClO2. The molecule has 0 aliphatic rings. The highest BCUT2D eigenvalue weighted by Crippen LogP contribution is 2.27. The van der Waals surface area contributed by atoms with Gasteiger partial charge in [-0.25, -0.2) is 0 Å². The van der Waals surface area contributed by atoms with Gasteiger partial charge in [-0.1, -0.05) is 42.2 Å². The first-order valence-corrected chi connectivity index (χ1v) is 7.52. The van der Waals surface area contributed by atoms with Crippen molar-refractivity contribution in [3.63, 3.8) is 0 Å². The topological polar surface area (TPSA) is 18.5 Å². The third-order valence-electron chi connectivity index (χ3n) is 3.20. The molecule has 0 aliphatic carbocycles. The van der Waals surface area contributed by atoms with Gasteiger partial charge in [0.15, 0.2) is 0 Å². The summed E-state index contributed by atoms with van der Waals surface area (Å²) in [6, 6.07) is 12.2. The molecule has 2 rings (SSSR count). The minimum Gasteiger partial charge on any atom is -0.490 e. The van der Waals surface area contributed by atoms with Gasteiger partial charge in [-0.2, -0.15) is 0 Å². The molecule has 3 heteroatoms. The van der Waals surface area contributed by atoms with E-state index in [2.05, 4.69) is 30.0 Å². The number of halogens is 1. The van der Waals surface area contributed by atoms with Crippen molar-refractivity contribution in [1.82, 2.24) is 0 Å². The van der Waals surface area contributed by atoms with E-state index in [1.165, 1.54) is 0 Å². The van der Waals surface area contributed by atoms with E-state index in [0.717, 1.165) is 22.1 Å². The molecule has 2 nitrogen and oxygen atoms in total. The first kappa shape index (κ1) is 15.7. The van der Waals surface area contributed by atoms with E-state index in [4.69, 9.17) is 21.1 Å². The highest BCUT2D eigenvalue weighted by Gasteiger charge is 2.08. The lowest BCUT2D eigenvalue weighted by Gasteiger charge is -2.14. The average molecular weight is 303 g/mol. The summed E-state index contributed by atoms with van der Waals surface area (Å²) in [5, 5.41) is 2.25. The van der Waals surface area contributed by atoms with Crippen molar-refractivity contribution in [1.29, 1.82) is 0 Å². The zero-order valence-electron chi connectivity index (χ0n) is 12.4. The van der Waals surface area contributed by atoms with Crippen molar-refractivity contribution in [2.75, 3.05) is 19.6 Å². The van der Waals surface area contributed by atoms with Crippen molar-refractivity contribution < 1.29 is 9.47 Å². The van der Waals surface area contributed by atoms with Crippen LogP contribution in [-0.4, -0.2) is 25.7 Å². The summed E-state index contributed by atoms with van der Waals surface area (Å²) in [6.45, 7) is 2.47. The zero-order chi connectivity index (χ0) is 15.1. The first-order chi connectivity index (χ1) is 10.3. The third kappa shape index (κ3) is 4.14. The Balaban J connectivity index is 2.39. The minimum atomic E-state index is 0.0418. The number of alkyl halides is 1. The summed E-state index contributed by atoms with van der Waals surface area (Å²) >= 11 is 5.70. The van der Waals surface area contributed by atoms with Crippen LogP contribution in [0.5, 0.6) is 5.75 Å². The Morgan fingerprint density at radius 1 is 1.19 bits per heavy atom. The maximum atomic E-state index is 5.87. The van der Waals surface area contributed by atoms with Gasteiger partial charge in [0.2, 0.25) is 0 Å². The minimum absolute atomic E-state index is 0.0418. The van der Waals surface area contributed by atoms with E-state index in [0.29, 0.717) is 18.9 Å². The molecule has 0 aromatic heterocycles. The first-order valence-electron chi connectivity index (χ1n) is 6.98. The Bertz CT molecular complexity index is 655. The Kier molecular flexibility index (Phi) is 5.92. The van der Waals surface area contributed by atoms with Gasteiger partial charge in [0, 0.05) is 24.8 Å². The van der Waals surface area contributed by atoms with Crippen LogP contribution in [0.2, 0.25) is 0 Å². The summed E-state index contributed by atoms with van der Waals surface area (Å²) in [6.07, 6.45) is 0.707. The molecule has 2 aromatic carbocycles. The van der Waals surface area contributed by atoms with Crippen molar-refractivity contribution in [2.45, 2.75) is 19.4 Å². The predicted octanol–water partition coefficient (Wildman–Crippen LogP) is 4.23. The lowest BCUT2D eigenvalue weighted by atomic mass is 10.0. The second kappa shape index (κ2) is 7.93. The third-order valence-corrected chi connectivity index (χ3v) is 3.39. The van der Waals surface area contributed by atoms with Gasteiger partial charge in [0.1, 0.15) is 12.4 Å². The van der Waals surface area contributed by atoms with E-state index in [9.17, 15) is 0 Å². The zero-order valence-corrected chi connectivity index (χ0v) is 13.1. The predicted molar refractivity (Wildman–Crippen MR) is 88.1 cm³/mol. The van der Waals surface area contributed by atoms with Crippen LogP contribution in [0.1, 0.15) is 18.9 Å². The van der Waals surface area contributed by atoms with Crippen molar-refractivity contribution in [3.8, 4) is 17.6 Å². The maximum Gasteiger partial charge on any atom is 0.135 e. The maximum absolute atomic E-state index is 5.87. The van der Waals surface area contributed by atoms with Gasteiger partial charge in [-0.05, 0) is 18.4 Å². The number of hydrogen-bond acceptors (Lipinski definition) is 2. The van der Waals surface area contributed by atoms with Crippen LogP contribution >= 0.6 is 11.6 Å². The molecule has 0 saturated heterocycles. The SMILES string of the molecule is COC(C)COc1ccc2ccccc2c1C#CCCCl. The fourth-order valence-corrected chi connectivity index (χ4v) is 2.07. The number of fused-ring (bicyclic) bond motifs is 1. The van der Waals surface area contributed by atoms with E-state index < -0.39 is 0 Å². The van der Waals surface area contributed by atoms with Crippen LogP contribution in [0.25, 0.3) is 10.8 Å². The fourth-order valence-electron chi connectivity index (χ4n) is 1.97. The largest absolute Gasteiger partial charge is 0.490 e. The number of hydrogen-bond donors (Lipinski definition) is 0. The summed E-state index contributed by atoms with van der Waals surface area (Å²) in [5.74, 6) is 7.62. The number of ether oxygens (including phenoxy) is 2. The molecule has 1 unspecified atom stereocenters. The Morgan fingerprint density at radius 3 is 2.76 bits per heavy atom. The molecule has 0 saturated carbocycles. The standard InChI is InChI=1S/C18H19ClO2/c1-14(20-2)13-21-18-11-10-15-7-3-4-8-16(15)17(18)9-5-6-12-19/h3-4,7-8,10-11,14H,6,12-13H2,1-2H3. The van der Waals surface area contributed by atoms with Gasteiger partial charge in [-0.3, -0.25) is 0 Å². The van der Waals surface area contributed by atoms with Crippen LogP contribution in [0, 0.1) is 11.8 Å². The average Bonchev–Trinajstić information content (AvgIpc) is 2.53. The summed E-state index contributed by atoms with van der Waals surface area (Å²) in [7, 11) is 1.68. The molecule has 0 bridgehead atoms. The van der Waals surface area contributed by atoms with Crippen LogP contribution in [0.15, 0.2) is 36.4 Å². The molecule has 0 fully saturated rings. The molecule has 0 aliphatic heterocycles. The summed E-state index contributed by atoms with van der Waals surface area (Å²) < 4.78 is 11.1. The molecule has 21 heavy (non-hydrogen) atoms. The molecule has 0 amide bonds. The van der Waals surface area contributed by atoms with Crippen LogP contribution in [0.3, 0.4) is 0 Å². The quantitative estimate of drug-likeness (QED) is 0.608. The lowest BCUT2D eigenvalue weighted by molar-refractivity contribution is 0.0716. The van der Waals surface area contributed by atoms with Gasteiger partial charge in [-0.15, -0.1) is 11.6 Å². The summed E-state index contributed by atoms with van der Waals surface area (Å²) in [5.41, 5.74) is 0.918. The number of methoxy groups -OCH3 is 1. The second-order valence-corrected chi connectivity index (χ2v) is 5.14. The smallest absolute Gasteiger partial charge is 0.135 e. The number of rotatable bonds is 5. The molecule has 0 N–H and O–H groups in total. The molecule has 2 aromatic rings. The lowest BCUT2D eigenvalue weighted by Crippen LogP contribution is -2.16. The van der Waals surface area contributed by atoms with E-state index in [1.807, 2.05) is 25.1 Å². The van der Waals surface area contributed by atoms with Gasteiger partial charge in [0.05, 0.1) is 11.7 Å².